The maximum atomic E-state index is 12.9. The number of thiophene rings is 1. The Morgan fingerprint density at radius 1 is 1.23 bits per heavy atom. The van der Waals surface area contributed by atoms with E-state index in [2.05, 4.69) is 4.72 Å². The number of hydrogen-bond acceptors (Lipinski definition) is 7. The zero-order valence-electron chi connectivity index (χ0n) is 16.4. The van der Waals surface area contributed by atoms with Gasteiger partial charge < -0.3 is 4.74 Å². The second-order valence-electron chi connectivity index (χ2n) is 6.32. The first kappa shape index (κ1) is 22.7. The van der Waals surface area contributed by atoms with E-state index in [0.717, 1.165) is 17.4 Å². The van der Waals surface area contributed by atoms with Crippen molar-refractivity contribution in [3.63, 3.8) is 0 Å². The molecule has 0 saturated heterocycles. The van der Waals surface area contributed by atoms with Gasteiger partial charge in [-0.2, -0.15) is 0 Å². The highest BCUT2D eigenvalue weighted by molar-refractivity contribution is 7.93. The number of benzene rings is 2. The summed E-state index contributed by atoms with van der Waals surface area (Å²) in [6.45, 7) is 3.50. The van der Waals surface area contributed by atoms with E-state index in [1.807, 2.05) is 0 Å². The van der Waals surface area contributed by atoms with Crippen molar-refractivity contribution in [2.24, 2.45) is 0 Å². The number of nitrogens with zero attached hydrogens (tertiary/aromatic N) is 1. The molecule has 1 aromatic heterocycles. The molecule has 0 unspecified atom stereocenters. The van der Waals surface area contributed by atoms with E-state index in [-0.39, 0.29) is 27.8 Å². The molecule has 0 fully saturated rings. The summed E-state index contributed by atoms with van der Waals surface area (Å²) in [5.74, 6) is -0.687. The molecule has 8 nitrogen and oxygen atoms in total. The molecule has 162 valence electrons. The molecule has 0 bridgehead atoms. The summed E-state index contributed by atoms with van der Waals surface area (Å²) in [5, 5.41) is 11.6. The number of carbonyl (C=O) groups is 1. The first-order valence-electron chi connectivity index (χ1n) is 8.97. The predicted molar refractivity (Wildman–Crippen MR) is 119 cm³/mol. The molecular weight excluding hydrogens is 464 g/mol. The number of non-ortho nitro benzene ring substituents is 1. The van der Waals surface area contributed by atoms with Crippen LogP contribution in [0.4, 0.5) is 10.7 Å². The Hall–Kier alpha value is -2.95. The molecule has 31 heavy (non-hydrogen) atoms. The highest BCUT2D eigenvalue weighted by Gasteiger charge is 2.28. The van der Waals surface area contributed by atoms with Gasteiger partial charge in [-0.1, -0.05) is 29.8 Å². The van der Waals surface area contributed by atoms with Crippen LogP contribution in [0.5, 0.6) is 0 Å². The fourth-order valence-corrected chi connectivity index (χ4v) is 5.46. The Bertz CT molecular complexity index is 1250. The van der Waals surface area contributed by atoms with Gasteiger partial charge in [-0.3, -0.25) is 14.8 Å². The number of rotatable bonds is 7. The first-order valence-corrected chi connectivity index (χ1v) is 11.7. The standard InChI is InChI=1S/C20H17ClN2O6S2/c1-3-29-20(24)18-17(13-7-9-14(21)10-8-13)12(2)30-19(18)22-31(27,28)16-6-4-5-15(11-16)23(25)26/h4-11,22H,3H2,1-2H3. The van der Waals surface area contributed by atoms with Gasteiger partial charge in [0.15, 0.2) is 0 Å². The third-order valence-corrected chi connectivity index (χ3v) is 7.01. The SMILES string of the molecule is CCOC(=O)c1c(NS(=O)(=O)c2cccc([N+](=O)[O-])c2)sc(C)c1-c1ccc(Cl)cc1. The molecule has 3 rings (SSSR count). The maximum Gasteiger partial charge on any atom is 0.341 e. The molecule has 0 spiro atoms. The van der Waals surface area contributed by atoms with Gasteiger partial charge in [-0.15, -0.1) is 11.3 Å². The van der Waals surface area contributed by atoms with Gasteiger partial charge in [-0.05, 0) is 37.6 Å². The van der Waals surface area contributed by atoms with Crippen LogP contribution in [-0.2, 0) is 14.8 Å². The lowest BCUT2D eigenvalue weighted by molar-refractivity contribution is -0.385. The number of hydrogen-bond donors (Lipinski definition) is 1. The number of aryl methyl sites for hydroxylation is 1. The van der Waals surface area contributed by atoms with Gasteiger partial charge in [0.25, 0.3) is 15.7 Å². The zero-order chi connectivity index (χ0) is 22.8. The van der Waals surface area contributed by atoms with Crippen molar-refractivity contribution < 1.29 is 22.9 Å². The number of sulfonamides is 1. The second-order valence-corrected chi connectivity index (χ2v) is 9.67. The van der Waals surface area contributed by atoms with E-state index in [0.29, 0.717) is 21.0 Å². The number of carbonyl (C=O) groups excluding carboxylic acids is 1. The third kappa shape index (κ3) is 4.87. The molecule has 0 aliphatic rings. The smallest absolute Gasteiger partial charge is 0.341 e. The Morgan fingerprint density at radius 2 is 1.90 bits per heavy atom. The number of ether oxygens (including phenoxy) is 1. The third-order valence-electron chi connectivity index (χ3n) is 4.26. The molecule has 0 aliphatic heterocycles. The second kappa shape index (κ2) is 9.04. The van der Waals surface area contributed by atoms with Gasteiger partial charge in [0.2, 0.25) is 0 Å². The van der Waals surface area contributed by atoms with Crippen molar-refractivity contribution in [2.45, 2.75) is 18.7 Å². The van der Waals surface area contributed by atoms with Crippen molar-refractivity contribution in [3.05, 3.63) is 74.1 Å². The minimum atomic E-state index is -4.21. The molecule has 2 aromatic carbocycles. The lowest BCUT2D eigenvalue weighted by atomic mass is 10.0. The van der Waals surface area contributed by atoms with Crippen LogP contribution in [0.1, 0.15) is 22.2 Å². The van der Waals surface area contributed by atoms with E-state index in [1.54, 1.807) is 38.1 Å². The average Bonchev–Trinajstić information content (AvgIpc) is 3.04. The number of nitro benzene ring substituents is 1. The van der Waals surface area contributed by atoms with Crippen LogP contribution in [0.25, 0.3) is 11.1 Å². The number of nitrogens with one attached hydrogen (secondary N) is 1. The first-order chi connectivity index (χ1) is 14.6. The molecule has 0 atom stereocenters. The van der Waals surface area contributed by atoms with Crippen LogP contribution >= 0.6 is 22.9 Å². The topological polar surface area (TPSA) is 116 Å². The van der Waals surface area contributed by atoms with E-state index in [4.69, 9.17) is 16.3 Å². The largest absolute Gasteiger partial charge is 0.462 e. The molecule has 11 heteroatoms. The number of esters is 1. The van der Waals surface area contributed by atoms with Crippen molar-refractivity contribution in [2.75, 3.05) is 11.3 Å². The fourth-order valence-electron chi connectivity index (χ4n) is 2.92. The molecule has 0 saturated carbocycles. The Labute approximate surface area is 187 Å². The zero-order valence-corrected chi connectivity index (χ0v) is 18.8. The van der Waals surface area contributed by atoms with Gasteiger partial charge in [-0.25, -0.2) is 13.2 Å². The lowest BCUT2D eigenvalue weighted by Crippen LogP contribution is -2.15. The normalized spacial score (nSPS) is 11.2. The van der Waals surface area contributed by atoms with Gasteiger partial charge in [0.1, 0.15) is 10.6 Å². The lowest BCUT2D eigenvalue weighted by Gasteiger charge is -2.10. The summed E-state index contributed by atoms with van der Waals surface area (Å²) in [4.78, 5) is 23.4. The van der Waals surface area contributed by atoms with Crippen LogP contribution in [0.3, 0.4) is 0 Å². The summed E-state index contributed by atoms with van der Waals surface area (Å²) < 4.78 is 33.4. The maximum absolute atomic E-state index is 12.9. The molecule has 1 N–H and O–H groups in total. The van der Waals surface area contributed by atoms with Crippen LogP contribution in [0.15, 0.2) is 53.4 Å². The molecular formula is C20H17ClN2O6S2. The van der Waals surface area contributed by atoms with Crippen LogP contribution in [0, 0.1) is 17.0 Å². The Morgan fingerprint density at radius 3 is 2.52 bits per heavy atom. The molecule has 3 aromatic rings. The van der Waals surface area contributed by atoms with Crippen LogP contribution < -0.4 is 4.72 Å². The van der Waals surface area contributed by atoms with Gasteiger partial charge in [0.05, 0.1) is 16.4 Å². The number of nitro groups is 1. The van der Waals surface area contributed by atoms with Crippen molar-refractivity contribution >= 4 is 49.6 Å². The summed E-state index contributed by atoms with van der Waals surface area (Å²) in [7, 11) is -4.21. The van der Waals surface area contributed by atoms with E-state index in [1.165, 1.54) is 18.2 Å². The van der Waals surface area contributed by atoms with E-state index < -0.39 is 20.9 Å². The highest BCUT2D eigenvalue weighted by atomic mass is 35.5. The molecule has 0 aliphatic carbocycles. The van der Waals surface area contributed by atoms with Crippen LogP contribution in [0.2, 0.25) is 5.02 Å². The predicted octanol–water partition coefficient (Wildman–Crippen LogP) is 5.26. The summed E-state index contributed by atoms with van der Waals surface area (Å²) in [6, 6.07) is 11.4. The molecule has 0 radical (unpaired) electrons. The van der Waals surface area contributed by atoms with Gasteiger partial charge >= 0.3 is 5.97 Å². The van der Waals surface area contributed by atoms with Crippen LogP contribution in [-0.4, -0.2) is 25.9 Å². The van der Waals surface area contributed by atoms with Gasteiger partial charge in [0, 0.05) is 27.6 Å². The number of halogens is 1. The van der Waals surface area contributed by atoms with E-state index >= 15 is 0 Å². The average molecular weight is 481 g/mol. The van der Waals surface area contributed by atoms with Crippen molar-refractivity contribution in [1.29, 1.82) is 0 Å². The summed E-state index contributed by atoms with van der Waals surface area (Å²) in [5.41, 5.74) is 0.900. The van der Waals surface area contributed by atoms with E-state index in [9.17, 15) is 23.3 Å². The van der Waals surface area contributed by atoms with Crippen molar-refractivity contribution in [1.82, 2.24) is 0 Å². The quantitative estimate of drug-likeness (QED) is 0.280. The summed E-state index contributed by atoms with van der Waals surface area (Å²) in [6.07, 6.45) is 0. The number of anilines is 1. The minimum Gasteiger partial charge on any atom is -0.462 e. The minimum absolute atomic E-state index is 0.0624. The fraction of sp³-hybridized carbons (Fsp3) is 0.150. The Balaban J connectivity index is 2.11. The van der Waals surface area contributed by atoms with Crippen molar-refractivity contribution in [3.8, 4) is 11.1 Å². The molecule has 1 heterocycles. The highest BCUT2D eigenvalue weighted by Crippen LogP contribution is 2.41. The molecule has 0 amide bonds. The monoisotopic (exact) mass is 480 g/mol. The summed E-state index contributed by atoms with van der Waals surface area (Å²) >= 11 is 7.03. The Kier molecular flexibility index (Phi) is 6.63.